The Morgan fingerprint density at radius 2 is 2.38 bits per heavy atom. The molecule has 1 atom stereocenters. The number of aryl methyl sites for hydroxylation is 2. The molecule has 0 radical (unpaired) electrons. The number of nitrogens with two attached hydrogens (primary N) is 1. The zero-order valence-electron chi connectivity index (χ0n) is 9.42. The van der Waals surface area contributed by atoms with Crippen LogP contribution in [0.4, 0.5) is 0 Å². The van der Waals surface area contributed by atoms with Crippen LogP contribution in [-0.2, 0) is 19.9 Å². The van der Waals surface area contributed by atoms with Gasteiger partial charge in [-0.25, -0.2) is 0 Å². The molecule has 0 saturated heterocycles. The third-order valence-corrected chi connectivity index (χ3v) is 3.10. The molecule has 6 heteroatoms. The van der Waals surface area contributed by atoms with Gasteiger partial charge in [0, 0.05) is 24.5 Å². The van der Waals surface area contributed by atoms with Gasteiger partial charge in [0.1, 0.15) is 0 Å². The molecule has 0 aliphatic carbocycles. The lowest BCUT2D eigenvalue weighted by molar-refractivity contribution is 0.626. The highest BCUT2D eigenvalue weighted by Gasteiger charge is 2.13. The number of aromatic nitrogens is 4. The molecule has 2 aromatic rings. The van der Waals surface area contributed by atoms with Crippen LogP contribution in [0.15, 0.2) is 11.4 Å². The summed E-state index contributed by atoms with van der Waals surface area (Å²) in [6, 6.07) is 2.00. The fourth-order valence-electron chi connectivity index (χ4n) is 1.60. The number of hydrogen-bond donors (Lipinski definition) is 1. The molecule has 2 N–H and O–H groups in total. The first kappa shape index (κ1) is 11.2. The third-order valence-electron chi connectivity index (χ3n) is 2.58. The molecule has 0 saturated carbocycles. The van der Waals surface area contributed by atoms with Crippen molar-refractivity contribution in [3.8, 4) is 0 Å². The molecule has 0 aromatic carbocycles. The van der Waals surface area contributed by atoms with Gasteiger partial charge in [-0.15, -0.1) is 5.10 Å². The summed E-state index contributed by atoms with van der Waals surface area (Å²) in [5, 5.41) is 10.3. The normalized spacial score (nSPS) is 12.9. The van der Waals surface area contributed by atoms with Crippen LogP contribution in [0.3, 0.4) is 0 Å². The summed E-state index contributed by atoms with van der Waals surface area (Å²) in [6.07, 6.45) is 1.69. The molecule has 0 amide bonds. The van der Waals surface area contributed by atoms with E-state index in [-0.39, 0.29) is 6.04 Å². The van der Waals surface area contributed by atoms with Crippen LogP contribution in [0.1, 0.15) is 30.0 Å². The van der Waals surface area contributed by atoms with Crippen molar-refractivity contribution in [2.24, 2.45) is 12.8 Å². The fourth-order valence-corrected chi connectivity index (χ4v) is 2.12. The maximum atomic E-state index is 6.05. The Hall–Kier alpha value is -1.27. The smallest absolute Gasteiger partial charge is 0.0926 e. The molecule has 2 aromatic heterocycles. The quantitative estimate of drug-likeness (QED) is 0.863. The molecule has 2 heterocycles. The van der Waals surface area contributed by atoms with E-state index in [1.54, 1.807) is 0 Å². The van der Waals surface area contributed by atoms with Crippen molar-refractivity contribution in [1.82, 2.24) is 19.4 Å². The predicted molar refractivity (Wildman–Crippen MR) is 63.1 cm³/mol. The molecular weight excluding hydrogens is 222 g/mol. The Balaban J connectivity index is 2.11. The molecule has 1 unspecified atom stereocenters. The van der Waals surface area contributed by atoms with Crippen LogP contribution in [0.2, 0.25) is 0 Å². The summed E-state index contributed by atoms with van der Waals surface area (Å²) in [6.45, 7) is 2.09. The number of rotatable bonds is 4. The maximum absolute atomic E-state index is 6.05. The summed E-state index contributed by atoms with van der Waals surface area (Å²) < 4.78 is 5.71. The second kappa shape index (κ2) is 4.71. The van der Waals surface area contributed by atoms with E-state index in [4.69, 9.17) is 5.73 Å². The zero-order chi connectivity index (χ0) is 11.5. The molecule has 0 aliphatic rings. The first-order valence-corrected chi connectivity index (χ1v) is 6.08. The van der Waals surface area contributed by atoms with E-state index in [0.717, 1.165) is 29.9 Å². The fraction of sp³-hybridized carbons (Fsp3) is 0.500. The molecule has 0 bridgehead atoms. The average Bonchev–Trinajstić information content (AvgIpc) is 2.88. The summed E-state index contributed by atoms with van der Waals surface area (Å²) in [5.41, 5.74) is 9.14. The highest BCUT2D eigenvalue weighted by molar-refractivity contribution is 7.03. The van der Waals surface area contributed by atoms with Crippen molar-refractivity contribution in [3.63, 3.8) is 0 Å². The van der Waals surface area contributed by atoms with Crippen molar-refractivity contribution in [2.45, 2.75) is 25.8 Å². The Morgan fingerprint density at radius 3 is 2.94 bits per heavy atom. The Labute approximate surface area is 98.4 Å². The van der Waals surface area contributed by atoms with Gasteiger partial charge < -0.3 is 5.73 Å². The van der Waals surface area contributed by atoms with Gasteiger partial charge in [0.2, 0.25) is 0 Å². The number of hydrogen-bond acceptors (Lipinski definition) is 5. The summed E-state index contributed by atoms with van der Waals surface area (Å²) in [5.74, 6) is 0. The second-order valence-electron chi connectivity index (χ2n) is 3.74. The van der Waals surface area contributed by atoms with Gasteiger partial charge in [0.15, 0.2) is 0 Å². The zero-order valence-corrected chi connectivity index (χ0v) is 10.2. The van der Waals surface area contributed by atoms with Crippen LogP contribution in [0.25, 0.3) is 0 Å². The lowest BCUT2D eigenvalue weighted by Gasteiger charge is -2.07. The van der Waals surface area contributed by atoms with Gasteiger partial charge >= 0.3 is 0 Å². The Bertz CT molecular complexity index is 448. The largest absolute Gasteiger partial charge is 0.322 e. The van der Waals surface area contributed by atoms with Crippen molar-refractivity contribution in [2.75, 3.05) is 0 Å². The van der Waals surface area contributed by atoms with E-state index in [1.165, 1.54) is 11.5 Å². The van der Waals surface area contributed by atoms with Gasteiger partial charge in [-0.05, 0) is 24.0 Å². The topological polar surface area (TPSA) is 69.6 Å². The Morgan fingerprint density at radius 1 is 1.56 bits per heavy atom. The average molecular weight is 237 g/mol. The summed E-state index contributed by atoms with van der Waals surface area (Å²) in [7, 11) is 1.94. The van der Waals surface area contributed by atoms with Gasteiger partial charge in [-0.1, -0.05) is 11.4 Å². The standard InChI is InChI=1S/C10H15N5S/c1-3-7-4-8(15(2)13-7)5-9(11)10-6-16-14-12-10/h4,6,9H,3,5,11H2,1-2H3. The summed E-state index contributed by atoms with van der Waals surface area (Å²) >= 11 is 1.33. The van der Waals surface area contributed by atoms with Crippen molar-refractivity contribution < 1.29 is 0 Å². The van der Waals surface area contributed by atoms with Crippen LogP contribution >= 0.6 is 11.5 Å². The van der Waals surface area contributed by atoms with E-state index in [0.29, 0.717) is 0 Å². The van der Waals surface area contributed by atoms with Crippen molar-refractivity contribution >= 4 is 11.5 Å². The highest BCUT2D eigenvalue weighted by atomic mass is 32.1. The monoisotopic (exact) mass is 237 g/mol. The van der Waals surface area contributed by atoms with Crippen LogP contribution in [0, 0.1) is 0 Å². The molecule has 5 nitrogen and oxygen atoms in total. The van der Waals surface area contributed by atoms with Gasteiger partial charge in [0.05, 0.1) is 17.4 Å². The van der Waals surface area contributed by atoms with Crippen molar-refractivity contribution in [1.29, 1.82) is 0 Å². The maximum Gasteiger partial charge on any atom is 0.0926 e. The lowest BCUT2D eigenvalue weighted by atomic mass is 10.1. The highest BCUT2D eigenvalue weighted by Crippen LogP contribution is 2.15. The predicted octanol–water partition coefficient (Wildman–Crippen LogP) is 1.08. The van der Waals surface area contributed by atoms with Gasteiger partial charge in [-0.2, -0.15) is 5.10 Å². The first-order chi connectivity index (χ1) is 7.70. The van der Waals surface area contributed by atoms with Crippen LogP contribution in [-0.4, -0.2) is 19.4 Å². The van der Waals surface area contributed by atoms with Gasteiger partial charge in [-0.3, -0.25) is 4.68 Å². The summed E-state index contributed by atoms with van der Waals surface area (Å²) in [4.78, 5) is 0. The molecule has 0 fully saturated rings. The first-order valence-electron chi connectivity index (χ1n) is 5.25. The minimum Gasteiger partial charge on any atom is -0.322 e. The third kappa shape index (κ3) is 2.28. The van der Waals surface area contributed by atoms with E-state index in [2.05, 4.69) is 27.7 Å². The van der Waals surface area contributed by atoms with E-state index in [1.807, 2.05) is 17.1 Å². The van der Waals surface area contributed by atoms with Crippen LogP contribution in [0.5, 0.6) is 0 Å². The molecule has 0 aliphatic heterocycles. The van der Waals surface area contributed by atoms with E-state index < -0.39 is 0 Å². The second-order valence-corrected chi connectivity index (χ2v) is 4.35. The Kier molecular flexibility index (Phi) is 3.31. The van der Waals surface area contributed by atoms with Gasteiger partial charge in [0.25, 0.3) is 0 Å². The van der Waals surface area contributed by atoms with E-state index in [9.17, 15) is 0 Å². The molecule has 86 valence electrons. The molecule has 2 rings (SSSR count). The minimum atomic E-state index is -0.0983. The minimum absolute atomic E-state index is 0.0983. The molecule has 16 heavy (non-hydrogen) atoms. The SMILES string of the molecule is CCc1cc(CC(N)c2csnn2)n(C)n1. The van der Waals surface area contributed by atoms with E-state index >= 15 is 0 Å². The van der Waals surface area contributed by atoms with Crippen LogP contribution < -0.4 is 5.73 Å². The molecular formula is C10H15N5S. The number of nitrogens with zero attached hydrogens (tertiary/aromatic N) is 4. The van der Waals surface area contributed by atoms with Crippen molar-refractivity contribution in [3.05, 3.63) is 28.5 Å². The molecule has 0 spiro atoms. The lowest BCUT2D eigenvalue weighted by Crippen LogP contribution is -2.15.